The third-order valence-electron chi connectivity index (χ3n) is 4.05. The van der Waals surface area contributed by atoms with Crippen LogP contribution in [0.5, 0.6) is 0 Å². The largest absolute Gasteiger partial charge is 0.298 e. The molecular weight excluding hydrogens is 288 g/mol. The van der Waals surface area contributed by atoms with Crippen LogP contribution in [0.2, 0.25) is 0 Å². The first-order chi connectivity index (χ1) is 9.81. The van der Waals surface area contributed by atoms with Gasteiger partial charge in [-0.05, 0) is 19.9 Å². The first-order valence-electron chi connectivity index (χ1n) is 6.82. The van der Waals surface area contributed by atoms with Crippen molar-refractivity contribution in [3.63, 3.8) is 0 Å². The van der Waals surface area contributed by atoms with Crippen molar-refractivity contribution in [2.45, 2.75) is 25.8 Å². The van der Waals surface area contributed by atoms with Gasteiger partial charge in [0.15, 0.2) is 0 Å². The Hall–Kier alpha value is -1.24. The number of nitrogens with zero attached hydrogens (tertiary/aromatic N) is 4. The predicted molar refractivity (Wildman–Crippen MR) is 82.6 cm³/mol. The maximum atomic E-state index is 4.62. The van der Waals surface area contributed by atoms with Crippen molar-refractivity contribution in [1.29, 1.82) is 0 Å². The normalized spacial score (nSPS) is 20.1. The molecule has 3 aromatic rings. The molecule has 3 aromatic heterocycles. The van der Waals surface area contributed by atoms with Gasteiger partial charge in [-0.25, -0.2) is 9.97 Å². The fourth-order valence-corrected chi connectivity index (χ4v) is 4.62. The van der Waals surface area contributed by atoms with E-state index in [1.165, 1.54) is 27.5 Å². The number of hydrogen-bond acceptors (Lipinski definition) is 5. The van der Waals surface area contributed by atoms with Gasteiger partial charge in [0.2, 0.25) is 0 Å². The minimum absolute atomic E-state index is 0.576. The summed E-state index contributed by atoms with van der Waals surface area (Å²) in [7, 11) is 0. The lowest BCUT2D eigenvalue weighted by molar-refractivity contribution is 0.328. The number of aryl methyl sites for hydroxylation is 1. The van der Waals surface area contributed by atoms with Gasteiger partial charge in [0.25, 0.3) is 0 Å². The van der Waals surface area contributed by atoms with Gasteiger partial charge >= 0.3 is 0 Å². The highest BCUT2D eigenvalue weighted by Crippen LogP contribution is 2.32. The molecule has 0 amide bonds. The molecule has 1 atom stereocenters. The Bertz CT molecular complexity index is 726. The number of aromatic nitrogens is 3. The van der Waals surface area contributed by atoms with E-state index >= 15 is 0 Å². The highest BCUT2D eigenvalue weighted by molar-refractivity contribution is 7.15. The van der Waals surface area contributed by atoms with Crippen molar-refractivity contribution < 1.29 is 0 Å². The molecule has 20 heavy (non-hydrogen) atoms. The summed E-state index contributed by atoms with van der Waals surface area (Å²) in [4.78, 5) is 14.2. The maximum Gasteiger partial charge on any atom is 0.123 e. The van der Waals surface area contributed by atoms with E-state index < -0.39 is 0 Å². The van der Waals surface area contributed by atoms with Gasteiger partial charge in [-0.3, -0.25) is 9.30 Å². The van der Waals surface area contributed by atoms with Crippen molar-refractivity contribution in [2.24, 2.45) is 0 Å². The Kier molecular flexibility index (Phi) is 3.09. The fourth-order valence-electron chi connectivity index (χ4n) is 2.91. The van der Waals surface area contributed by atoms with Crippen molar-refractivity contribution in [1.82, 2.24) is 19.3 Å². The second kappa shape index (κ2) is 4.95. The molecular formula is C14H16N4S2. The van der Waals surface area contributed by atoms with Gasteiger partial charge < -0.3 is 0 Å². The molecule has 6 heteroatoms. The minimum atomic E-state index is 0.576. The van der Waals surface area contributed by atoms with Crippen molar-refractivity contribution in [3.05, 3.63) is 39.7 Å². The molecule has 0 saturated carbocycles. The summed E-state index contributed by atoms with van der Waals surface area (Å²) in [5.74, 6) is 0.576. The summed E-state index contributed by atoms with van der Waals surface area (Å²) in [6.45, 7) is 5.41. The van der Waals surface area contributed by atoms with Gasteiger partial charge in [0.05, 0.1) is 16.9 Å². The number of imidazole rings is 1. The second-order valence-corrected chi connectivity index (χ2v) is 7.16. The highest BCUT2D eigenvalue weighted by atomic mass is 32.1. The summed E-state index contributed by atoms with van der Waals surface area (Å²) < 4.78 is 2.13. The molecule has 0 aliphatic carbocycles. The van der Waals surface area contributed by atoms with Gasteiger partial charge in [0.1, 0.15) is 11.2 Å². The Balaban J connectivity index is 1.51. The summed E-state index contributed by atoms with van der Waals surface area (Å²) >= 11 is 3.56. The van der Waals surface area contributed by atoms with Crippen molar-refractivity contribution in [3.8, 4) is 0 Å². The SMILES string of the molecule is Cc1ncsc1CN1CCC(c2ncn3ccsc23)C1. The zero-order valence-corrected chi connectivity index (χ0v) is 13.0. The summed E-state index contributed by atoms with van der Waals surface area (Å²) in [6.07, 6.45) is 5.24. The Morgan fingerprint density at radius 3 is 3.15 bits per heavy atom. The molecule has 1 fully saturated rings. The molecule has 0 aromatic carbocycles. The molecule has 0 bridgehead atoms. The van der Waals surface area contributed by atoms with E-state index in [1.54, 1.807) is 22.7 Å². The molecule has 0 N–H and O–H groups in total. The molecule has 0 radical (unpaired) electrons. The molecule has 4 nitrogen and oxygen atoms in total. The van der Waals surface area contributed by atoms with E-state index in [1.807, 2.05) is 11.8 Å². The molecule has 0 spiro atoms. The third-order valence-corrected chi connectivity index (χ3v) is 5.87. The first-order valence-corrected chi connectivity index (χ1v) is 8.58. The summed E-state index contributed by atoms with van der Waals surface area (Å²) in [5.41, 5.74) is 4.41. The van der Waals surface area contributed by atoms with Crippen molar-refractivity contribution >= 4 is 27.5 Å². The quantitative estimate of drug-likeness (QED) is 0.745. The van der Waals surface area contributed by atoms with Gasteiger partial charge in [-0.15, -0.1) is 22.7 Å². The second-order valence-electron chi connectivity index (χ2n) is 5.33. The molecule has 1 aliphatic rings. The summed E-state index contributed by atoms with van der Waals surface area (Å²) in [6, 6.07) is 0. The van der Waals surface area contributed by atoms with E-state index in [2.05, 4.69) is 37.8 Å². The van der Waals surface area contributed by atoms with E-state index in [0.717, 1.165) is 19.6 Å². The lowest BCUT2D eigenvalue weighted by Gasteiger charge is -2.14. The van der Waals surface area contributed by atoms with E-state index in [0.29, 0.717) is 5.92 Å². The van der Waals surface area contributed by atoms with E-state index in [-0.39, 0.29) is 0 Å². The molecule has 4 heterocycles. The lowest BCUT2D eigenvalue weighted by atomic mass is 10.1. The topological polar surface area (TPSA) is 33.4 Å². The Labute approximate surface area is 125 Å². The molecule has 1 saturated heterocycles. The number of thiazole rings is 2. The lowest BCUT2D eigenvalue weighted by Crippen LogP contribution is -2.19. The number of hydrogen-bond donors (Lipinski definition) is 0. The van der Waals surface area contributed by atoms with Crippen LogP contribution in [-0.2, 0) is 6.54 Å². The van der Waals surface area contributed by atoms with Crippen LogP contribution in [0.1, 0.15) is 28.6 Å². The van der Waals surface area contributed by atoms with Crippen LogP contribution in [0.3, 0.4) is 0 Å². The zero-order chi connectivity index (χ0) is 13.5. The fraction of sp³-hybridized carbons (Fsp3) is 0.429. The Morgan fingerprint density at radius 1 is 1.35 bits per heavy atom. The zero-order valence-electron chi connectivity index (χ0n) is 11.3. The average Bonchev–Trinajstić information content (AvgIpc) is 3.15. The van der Waals surface area contributed by atoms with Crippen LogP contribution in [0.4, 0.5) is 0 Å². The third kappa shape index (κ3) is 2.08. The first kappa shape index (κ1) is 12.5. The maximum absolute atomic E-state index is 4.62. The van der Waals surface area contributed by atoms with E-state index in [9.17, 15) is 0 Å². The van der Waals surface area contributed by atoms with E-state index in [4.69, 9.17) is 0 Å². The number of rotatable bonds is 3. The minimum Gasteiger partial charge on any atom is -0.298 e. The van der Waals surface area contributed by atoms with Crippen LogP contribution < -0.4 is 0 Å². The predicted octanol–water partition coefficient (Wildman–Crippen LogP) is 3.15. The van der Waals surface area contributed by atoms with Crippen LogP contribution in [0, 0.1) is 6.92 Å². The van der Waals surface area contributed by atoms with Gasteiger partial charge in [0, 0.05) is 35.5 Å². The average molecular weight is 304 g/mol. The molecule has 104 valence electrons. The van der Waals surface area contributed by atoms with Gasteiger partial charge in [-0.2, -0.15) is 0 Å². The number of fused-ring (bicyclic) bond motifs is 1. The number of likely N-dealkylation sites (tertiary alicyclic amines) is 1. The van der Waals surface area contributed by atoms with Crippen LogP contribution in [0.25, 0.3) is 4.83 Å². The van der Waals surface area contributed by atoms with Crippen LogP contribution in [0.15, 0.2) is 23.4 Å². The summed E-state index contributed by atoms with van der Waals surface area (Å²) in [5, 5.41) is 2.13. The molecule has 1 unspecified atom stereocenters. The van der Waals surface area contributed by atoms with Crippen LogP contribution in [-0.4, -0.2) is 32.4 Å². The van der Waals surface area contributed by atoms with Gasteiger partial charge in [-0.1, -0.05) is 0 Å². The standard InChI is InChI=1S/C14H16N4S2/c1-10-12(20-9-16-10)7-17-3-2-11(6-17)13-14-18(8-15-13)4-5-19-14/h4-5,8-9,11H,2-3,6-7H2,1H3. The Morgan fingerprint density at radius 2 is 2.30 bits per heavy atom. The molecule has 1 aliphatic heterocycles. The smallest absolute Gasteiger partial charge is 0.123 e. The monoisotopic (exact) mass is 304 g/mol. The van der Waals surface area contributed by atoms with Crippen molar-refractivity contribution in [2.75, 3.05) is 13.1 Å². The highest BCUT2D eigenvalue weighted by Gasteiger charge is 2.27. The van der Waals surface area contributed by atoms with Crippen LogP contribution >= 0.6 is 22.7 Å². The molecule has 4 rings (SSSR count).